The zero-order valence-electron chi connectivity index (χ0n) is 8.11. The van der Waals surface area contributed by atoms with Crippen LogP contribution < -0.4 is 9.64 Å². The fraction of sp³-hybridized carbons (Fsp3) is 0.500. The molecule has 1 aromatic rings. The van der Waals surface area contributed by atoms with Crippen molar-refractivity contribution in [2.75, 3.05) is 25.1 Å². The lowest BCUT2D eigenvalue weighted by Gasteiger charge is -2.16. The Hall–Kier alpha value is -0.770. The molecular formula is C10H13BrN2O. The second kappa shape index (κ2) is 4.17. The summed E-state index contributed by atoms with van der Waals surface area (Å²) in [4.78, 5) is 7.25. The summed E-state index contributed by atoms with van der Waals surface area (Å²) < 4.78 is 5.09. The first-order valence-corrected chi connectivity index (χ1v) is 5.61. The number of hydrogen-bond acceptors (Lipinski definition) is 3. The molecule has 1 aliphatic heterocycles. The average molecular weight is 257 g/mol. The Morgan fingerprint density at radius 3 is 3.07 bits per heavy atom. The van der Waals surface area contributed by atoms with E-state index in [0.717, 1.165) is 18.9 Å². The molecule has 0 bridgehead atoms. The highest BCUT2D eigenvalue weighted by atomic mass is 79.9. The van der Waals surface area contributed by atoms with Gasteiger partial charge in [0.05, 0.1) is 7.11 Å². The van der Waals surface area contributed by atoms with Crippen molar-refractivity contribution in [1.29, 1.82) is 0 Å². The third-order valence-corrected chi connectivity index (χ3v) is 3.12. The highest BCUT2D eigenvalue weighted by Gasteiger charge is 2.20. The van der Waals surface area contributed by atoms with Crippen LogP contribution in [0.3, 0.4) is 0 Å². The molecule has 4 heteroatoms. The maximum Gasteiger partial charge on any atom is 0.214 e. The van der Waals surface area contributed by atoms with Crippen LogP contribution in [0.25, 0.3) is 0 Å². The Bertz CT molecular complexity index is 319. The maximum absolute atomic E-state index is 5.09. The second-order valence-corrected chi connectivity index (χ2v) is 4.67. The van der Waals surface area contributed by atoms with E-state index >= 15 is 0 Å². The van der Waals surface area contributed by atoms with Gasteiger partial charge in [-0.05, 0) is 12.5 Å². The Morgan fingerprint density at radius 1 is 1.57 bits per heavy atom. The van der Waals surface area contributed by atoms with Gasteiger partial charge in [-0.3, -0.25) is 0 Å². The molecule has 1 atom stereocenters. The third-order valence-electron chi connectivity index (χ3n) is 2.37. The number of rotatable bonds is 2. The molecule has 0 amide bonds. The predicted molar refractivity (Wildman–Crippen MR) is 60.3 cm³/mol. The van der Waals surface area contributed by atoms with E-state index < -0.39 is 0 Å². The van der Waals surface area contributed by atoms with E-state index in [9.17, 15) is 0 Å². The molecule has 0 radical (unpaired) electrons. The fourth-order valence-electron chi connectivity index (χ4n) is 1.62. The van der Waals surface area contributed by atoms with E-state index in [1.807, 2.05) is 18.2 Å². The number of alkyl halides is 1. The minimum absolute atomic E-state index is 0.593. The zero-order chi connectivity index (χ0) is 9.97. The summed E-state index contributed by atoms with van der Waals surface area (Å²) in [6.45, 7) is 2.09. The smallest absolute Gasteiger partial charge is 0.214 e. The summed E-state index contributed by atoms with van der Waals surface area (Å²) in [5.74, 6) is 1.69. The Morgan fingerprint density at radius 2 is 2.43 bits per heavy atom. The molecule has 1 aliphatic rings. The predicted octanol–water partition coefficient (Wildman–Crippen LogP) is 2.06. The lowest BCUT2D eigenvalue weighted by Crippen LogP contribution is -2.20. The number of hydrogen-bond donors (Lipinski definition) is 0. The van der Waals surface area contributed by atoms with Gasteiger partial charge in [0.25, 0.3) is 0 Å². The van der Waals surface area contributed by atoms with Crippen LogP contribution in [0.5, 0.6) is 5.88 Å². The molecular weight excluding hydrogens is 244 g/mol. The molecule has 1 unspecified atom stereocenters. The van der Waals surface area contributed by atoms with Crippen molar-refractivity contribution in [3.8, 4) is 5.88 Å². The standard InChI is InChI=1S/C10H13BrN2O/c1-14-10-4-2-3-9(12-10)13-6-5-8(11)7-13/h2-4,8H,5-7H2,1H3. The molecule has 2 rings (SSSR count). The Kier molecular flexibility index (Phi) is 2.91. The number of nitrogens with zero attached hydrogens (tertiary/aromatic N) is 2. The number of pyridine rings is 1. The van der Waals surface area contributed by atoms with Gasteiger partial charge in [0.2, 0.25) is 5.88 Å². The van der Waals surface area contributed by atoms with Crippen molar-refractivity contribution in [1.82, 2.24) is 4.98 Å². The van der Waals surface area contributed by atoms with Crippen molar-refractivity contribution >= 4 is 21.7 Å². The van der Waals surface area contributed by atoms with Gasteiger partial charge in [-0.1, -0.05) is 22.0 Å². The molecule has 0 N–H and O–H groups in total. The minimum atomic E-state index is 0.593. The van der Waals surface area contributed by atoms with Crippen LogP contribution in [0.2, 0.25) is 0 Å². The first-order chi connectivity index (χ1) is 6.79. The van der Waals surface area contributed by atoms with Gasteiger partial charge in [-0.15, -0.1) is 0 Å². The van der Waals surface area contributed by atoms with Gasteiger partial charge >= 0.3 is 0 Å². The minimum Gasteiger partial charge on any atom is -0.481 e. The van der Waals surface area contributed by atoms with E-state index in [1.165, 1.54) is 6.42 Å². The van der Waals surface area contributed by atoms with E-state index in [2.05, 4.69) is 25.8 Å². The number of aromatic nitrogens is 1. The number of ether oxygens (including phenoxy) is 1. The van der Waals surface area contributed by atoms with E-state index in [-0.39, 0.29) is 0 Å². The van der Waals surface area contributed by atoms with E-state index in [1.54, 1.807) is 7.11 Å². The van der Waals surface area contributed by atoms with Crippen LogP contribution in [-0.4, -0.2) is 30.0 Å². The van der Waals surface area contributed by atoms with Crippen LogP contribution in [0, 0.1) is 0 Å². The molecule has 3 nitrogen and oxygen atoms in total. The molecule has 0 saturated carbocycles. The first kappa shape index (κ1) is 9.77. The van der Waals surface area contributed by atoms with Gasteiger partial charge in [-0.25, -0.2) is 0 Å². The zero-order valence-corrected chi connectivity index (χ0v) is 9.70. The highest BCUT2D eigenvalue weighted by molar-refractivity contribution is 9.09. The number of methoxy groups -OCH3 is 1. The van der Waals surface area contributed by atoms with Crippen LogP contribution in [0.15, 0.2) is 18.2 Å². The van der Waals surface area contributed by atoms with Crippen LogP contribution in [0.1, 0.15) is 6.42 Å². The van der Waals surface area contributed by atoms with Gasteiger partial charge in [0.15, 0.2) is 0 Å². The van der Waals surface area contributed by atoms with Gasteiger partial charge in [0.1, 0.15) is 5.82 Å². The first-order valence-electron chi connectivity index (χ1n) is 4.69. The summed E-state index contributed by atoms with van der Waals surface area (Å²) in [5, 5.41) is 0. The summed E-state index contributed by atoms with van der Waals surface area (Å²) >= 11 is 3.61. The van der Waals surface area contributed by atoms with Crippen molar-refractivity contribution in [3.05, 3.63) is 18.2 Å². The molecule has 14 heavy (non-hydrogen) atoms. The highest BCUT2D eigenvalue weighted by Crippen LogP contribution is 2.23. The molecule has 0 aliphatic carbocycles. The van der Waals surface area contributed by atoms with Gasteiger partial charge < -0.3 is 9.64 Å². The largest absolute Gasteiger partial charge is 0.481 e. The quantitative estimate of drug-likeness (QED) is 0.758. The van der Waals surface area contributed by atoms with Crippen LogP contribution in [-0.2, 0) is 0 Å². The molecule has 1 aromatic heterocycles. The summed E-state index contributed by atoms with van der Waals surface area (Å²) in [6, 6.07) is 5.86. The lowest BCUT2D eigenvalue weighted by atomic mass is 10.4. The molecule has 0 aromatic carbocycles. The summed E-state index contributed by atoms with van der Waals surface area (Å²) in [7, 11) is 1.64. The summed E-state index contributed by atoms with van der Waals surface area (Å²) in [6.07, 6.45) is 1.18. The molecule has 76 valence electrons. The van der Waals surface area contributed by atoms with E-state index in [4.69, 9.17) is 4.74 Å². The lowest BCUT2D eigenvalue weighted by molar-refractivity contribution is 0.398. The van der Waals surface area contributed by atoms with Crippen molar-refractivity contribution < 1.29 is 4.74 Å². The Balaban J connectivity index is 2.15. The van der Waals surface area contributed by atoms with Crippen molar-refractivity contribution in [2.45, 2.75) is 11.2 Å². The van der Waals surface area contributed by atoms with Crippen molar-refractivity contribution in [3.63, 3.8) is 0 Å². The van der Waals surface area contributed by atoms with Crippen LogP contribution in [0.4, 0.5) is 5.82 Å². The molecule has 1 saturated heterocycles. The Labute approximate surface area is 92.2 Å². The maximum atomic E-state index is 5.09. The van der Waals surface area contributed by atoms with Gasteiger partial charge in [-0.2, -0.15) is 4.98 Å². The third kappa shape index (κ3) is 2.00. The SMILES string of the molecule is COc1cccc(N2CCC(Br)C2)n1. The molecule has 0 spiro atoms. The number of halogens is 1. The van der Waals surface area contributed by atoms with Crippen LogP contribution >= 0.6 is 15.9 Å². The van der Waals surface area contributed by atoms with Crippen molar-refractivity contribution in [2.24, 2.45) is 0 Å². The second-order valence-electron chi connectivity index (χ2n) is 3.37. The molecule has 1 fully saturated rings. The fourth-order valence-corrected chi connectivity index (χ4v) is 2.17. The van der Waals surface area contributed by atoms with Gasteiger partial charge in [0, 0.05) is 24.0 Å². The number of anilines is 1. The van der Waals surface area contributed by atoms with E-state index in [0.29, 0.717) is 10.7 Å². The monoisotopic (exact) mass is 256 g/mol. The summed E-state index contributed by atoms with van der Waals surface area (Å²) in [5.41, 5.74) is 0. The molecule has 2 heterocycles. The topological polar surface area (TPSA) is 25.4 Å². The average Bonchev–Trinajstić information content (AvgIpc) is 2.65. The normalized spacial score (nSPS) is 21.3.